The Bertz CT molecular complexity index is 217. The van der Waals surface area contributed by atoms with Gasteiger partial charge in [-0.2, -0.15) is 0 Å². The molecular formula is C10H18F2N2O. The number of halogens is 2. The molecule has 0 saturated carbocycles. The molecule has 1 rings (SSSR count). The number of hydrogen-bond donors (Lipinski definition) is 1. The Hall–Kier alpha value is -0.710. The number of nitrogens with zero attached hydrogens (tertiary/aromatic N) is 1. The summed E-state index contributed by atoms with van der Waals surface area (Å²) in [5.74, 6) is -0.0694. The molecule has 1 fully saturated rings. The maximum absolute atomic E-state index is 12.2. The topological polar surface area (TPSA) is 32.3 Å². The van der Waals surface area contributed by atoms with Crippen LogP contribution in [-0.4, -0.2) is 42.4 Å². The number of likely N-dealkylation sites (tertiary alicyclic amines) is 1. The second kappa shape index (κ2) is 5.39. The van der Waals surface area contributed by atoms with Crippen molar-refractivity contribution in [3.8, 4) is 0 Å². The Morgan fingerprint density at radius 2 is 1.80 bits per heavy atom. The van der Waals surface area contributed by atoms with Gasteiger partial charge in [-0.05, 0) is 26.7 Å². The molecule has 2 unspecified atom stereocenters. The van der Waals surface area contributed by atoms with Crippen molar-refractivity contribution in [2.24, 2.45) is 0 Å². The molecule has 0 aromatic carbocycles. The van der Waals surface area contributed by atoms with Crippen LogP contribution in [0.3, 0.4) is 0 Å². The smallest absolute Gasteiger partial charge is 0.253 e. The highest BCUT2D eigenvalue weighted by molar-refractivity contribution is 5.81. The molecule has 5 heteroatoms. The minimum atomic E-state index is -2.43. The summed E-state index contributed by atoms with van der Waals surface area (Å²) in [6, 6.07) is -1.46. The van der Waals surface area contributed by atoms with Crippen LogP contribution in [-0.2, 0) is 4.79 Å². The summed E-state index contributed by atoms with van der Waals surface area (Å²) in [6.07, 6.45) is -0.398. The van der Waals surface area contributed by atoms with E-state index in [9.17, 15) is 13.6 Å². The van der Waals surface area contributed by atoms with E-state index >= 15 is 0 Å². The highest BCUT2D eigenvalue weighted by atomic mass is 19.3. The van der Waals surface area contributed by atoms with E-state index in [0.717, 1.165) is 25.9 Å². The molecule has 0 aromatic heterocycles. The number of rotatable bonds is 4. The fourth-order valence-corrected chi connectivity index (χ4v) is 1.75. The molecule has 1 saturated heterocycles. The van der Waals surface area contributed by atoms with Crippen LogP contribution >= 0.6 is 0 Å². The number of carbonyl (C=O) groups excluding carboxylic acids is 1. The summed E-state index contributed by atoms with van der Waals surface area (Å²) < 4.78 is 24.5. The van der Waals surface area contributed by atoms with Gasteiger partial charge in [-0.15, -0.1) is 0 Å². The van der Waals surface area contributed by atoms with Crippen LogP contribution in [0.25, 0.3) is 0 Å². The first-order chi connectivity index (χ1) is 7.02. The summed E-state index contributed by atoms with van der Waals surface area (Å²) in [7, 11) is 0. The zero-order valence-corrected chi connectivity index (χ0v) is 9.17. The number of amides is 1. The van der Waals surface area contributed by atoms with Crippen molar-refractivity contribution in [1.29, 1.82) is 0 Å². The van der Waals surface area contributed by atoms with Gasteiger partial charge in [0.05, 0.1) is 12.1 Å². The van der Waals surface area contributed by atoms with Crippen molar-refractivity contribution >= 4 is 5.91 Å². The number of alkyl halides is 2. The van der Waals surface area contributed by atoms with Crippen molar-refractivity contribution < 1.29 is 13.6 Å². The van der Waals surface area contributed by atoms with Crippen molar-refractivity contribution in [2.75, 3.05) is 13.1 Å². The average molecular weight is 220 g/mol. The van der Waals surface area contributed by atoms with Gasteiger partial charge in [0.1, 0.15) is 0 Å². The maximum Gasteiger partial charge on any atom is 0.253 e. The van der Waals surface area contributed by atoms with E-state index in [1.807, 2.05) is 0 Å². The second-order valence-electron chi connectivity index (χ2n) is 4.04. The molecule has 15 heavy (non-hydrogen) atoms. The Labute approximate surface area is 88.8 Å². The summed E-state index contributed by atoms with van der Waals surface area (Å²) in [4.78, 5) is 13.5. The zero-order chi connectivity index (χ0) is 11.4. The van der Waals surface area contributed by atoms with Crippen molar-refractivity contribution in [1.82, 2.24) is 10.2 Å². The van der Waals surface area contributed by atoms with Crippen LogP contribution in [0.1, 0.15) is 26.7 Å². The molecule has 1 N–H and O–H groups in total. The predicted octanol–water partition coefficient (Wildman–Crippen LogP) is 1.24. The Morgan fingerprint density at radius 1 is 1.27 bits per heavy atom. The molecule has 88 valence electrons. The normalized spacial score (nSPS) is 20.7. The number of carbonyl (C=O) groups is 1. The van der Waals surface area contributed by atoms with Gasteiger partial charge >= 0.3 is 0 Å². The molecule has 3 nitrogen and oxygen atoms in total. The van der Waals surface area contributed by atoms with Gasteiger partial charge in [-0.3, -0.25) is 10.1 Å². The quantitative estimate of drug-likeness (QED) is 0.773. The SMILES string of the molecule is CC(NC(C)C(F)F)C(=O)N1CCCC1. The van der Waals surface area contributed by atoms with Gasteiger partial charge in [0.25, 0.3) is 6.43 Å². The van der Waals surface area contributed by atoms with Crippen LogP contribution in [0, 0.1) is 0 Å². The highest BCUT2D eigenvalue weighted by Crippen LogP contribution is 2.10. The third kappa shape index (κ3) is 3.41. The molecule has 0 aromatic rings. The lowest BCUT2D eigenvalue weighted by molar-refractivity contribution is -0.132. The molecule has 0 bridgehead atoms. The molecule has 2 atom stereocenters. The van der Waals surface area contributed by atoms with Gasteiger partial charge in [0, 0.05) is 13.1 Å². The van der Waals surface area contributed by atoms with Gasteiger partial charge in [-0.1, -0.05) is 0 Å². The second-order valence-corrected chi connectivity index (χ2v) is 4.04. The van der Waals surface area contributed by atoms with Crippen LogP contribution in [0.15, 0.2) is 0 Å². The van der Waals surface area contributed by atoms with E-state index in [1.54, 1.807) is 11.8 Å². The van der Waals surface area contributed by atoms with Crippen molar-refractivity contribution in [3.05, 3.63) is 0 Å². The Morgan fingerprint density at radius 3 is 2.27 bits per heavy atom. The largest absolute Gasteiger partial charge is 0.341 e. The van der Waals surface area contributed by atoms with Crippen LogP contribution in [0.2, 0.25) is 0 Å². The molecule has 1 heterocycles. The van der Waals surface area contributed by atoms with E-state index in [1.165, 1.54) is 6.92 Å². The first-order valence-electron chi connectivity index (χ1n) is 5.35. The van der Waals surface area contributed by atoms with Crippen LogP contribution < -0.4 is 5.32 Å². The van der Waals surface area contributed by atoms with Crippen LogP contribution in [0.5, 0.6) is 0 Å². The average Bonchev–Trinajstić information content (AvgIpc) is 2.68. The van der Waals surface area contributed by atoms with E-state index in [4.69, 9.17) is 0 Å². The third-order valence-electron chi connectivity index (χ3n) is 2.68. The van der Waals surface area contributed by atoms with Crippen molar-refractivity contribution in [3.63, 3.8) is 0 Å². The lowest BCUT2D eigenvalue weighted by atomic mass is 10.2. The van der Waals surface area contributed by atoms with Gasteiger partial charge in [0.15, 0.2) is 0 Å². The fourth-order valence-electron chi connectivity index (χ4n) is 1.75. The number of hydrogen-bond acceptors (Lipinski definition) is 2. The zero-order valence-electron chi connectivity index (χ0n) is 9.17. The minimum Gasteiger partial charge on any atom is -0.341 e. The van der Waals surface area contributed by atoms with E-state index in [-0.39, 0.29) is 5.91 Å². The summed E-state index contributed by atoms with van der Waals surface area (Å²) in [5, 5.41) is 2.61. The highest BCUT2D eigenvalue weighted by Gasteiger charge is 2.26. The van der Waals surface area contributed by atoms with Crippen molar-refractivity contribution in [2.45, 2.75) is 45.2 Å². The predicted molar refractivity (Wildman–Crippen MR) is 53.9 cm³/mol. The first-order valence-corrected chi connectivity index (χ1v) is 5.35. The molecule has 1 aliphatic heterocycles. The monoisotopic (exact) mass is 220 g/mol. The maximum atomic E-state index is 12.2. The van der Waals surface area contributed by atoms with E-state index in [2.05, 4.69) is 5.32 Å². The summed E-state index contributed by atoms with van der Waals surface area (Å²) >= 11 is 0. The molecule has 1 aliphatic rings. The van der Waals surface area contributed by atoms with Crippen LogP contribution in [0.4, 0.5) is 8.78 Å². The first kappa shape index (κ1) is 12.4. The summed E-state index contributed by atoms with van der Waals surface area (Å²) in [6.45, 7) is 4.54. The van der Waals surface area contributed by atoms with E-state index in [0.29, 0.717) is 0 Å². The van der Waals surface area contributed by atoms with Gasteiger partial charge in [0.2, 0.25) is 5.91 Å². The molecule has 0 aliphatic carbocycles. The molecular weight excluding hydrogens is 202 g/mol. The fraction of sp³-hybridized carbons (Fsp3) is 0.900. The Kier molecular flexibility index (Phi) is 4.45. The Balaban J connectivity index is 2.38. The third-order valence-corrected chi connectivity index (χ3v) is 2.68. The molecule has 0 radical (unpaired) electrons. The van der Waals surface area contributed by atoms with Gasteiger partial charge in [-0.25, -0.2) is 8.78 Å². The van der Waals surface area contributed by atoms with E-state index < -0.39 is 18.5 Å². The molecule has 1 amide bonds. The lowest BCUT2D eigenvalue weighted by Crippen LogP contribution is -2.48. The number of nitrogens with one attached hydrogen (secondary N) is 1. The standard InChI is InChI=1S/C10H18F2N2O/c1-7(9(11)12)13-8(2)10(15)14-5-3-4-6-14/h7-9,13H,3-6H2,1-2H3. The minimum absolute atomic E-state index is 0.0694. The van der Waals surface area contributed by atoms with Gasteiger partial charge < -0.3 is 4.90 Å². The lowest BCUT2D eigenvalue weighted by Gasteiger charge is -2.23. The molecule has 0 spiro atoms. The summed E-state index contributed by atoms with van der Waals surface area (Å²) in [5.41, 5.74) is 0.